The Morgan fingerprint density at radius 3 is 1.75 bits per heavy atom. The molecule has 0 aliphatic rings. The van der Waals surface area contributed by atoms with E-state index < -0.39 is 0 Å². The van der Waals surface area contributed by atoms with E-state index in [-0.39, 0.29) is 0 Å². The van der Waals surface area contributed by atoms with Crippen molar-refractivity contribution in [2.24, 2.45) is 0 Å². The molecule has 3 aromatic heterocycles. The van der Waals surface area contributed by atoms with E-state index in [0.29, 0.717) is 17.6 Å². The predicted molar refractivity (Wildman–Crippen MR) is 179 cm³/mol. The van der Waals surface area contributed by atoms with E-state index in [0.717, 1.165) is 44.1 Å². The lowest BCUT2D eigenvalue weighted by molar-refractivity contribution is 0.955. The van der Waals surface area contributed by atoms with Gasteiger partial charge in [-0.2, -0.15) is 9.97 Å². The van der Waals surface area contributed by atoms with E-state index in [4.69, 9.17) is 15.0 Å². The van der Waals surface area contributed by atoms with Gasteiger partial charge in [-0.15, -0.1) is 0 Å². The first-order chi connectivity index (χ1) is 21.8. The molecule has 5 nitrogen and oxygen atoms in total. The van der Waals surface area contributed by atoms with Gasteiger partial charge in [0.25, 0.3) is 0 Å². The Kier molecular flexibility index (Phi) is 5.43. The van der Waals surface area contributed by atoms with Gasteiger partial charge in [0, 0.05) is 44.6 Å². The Balaban J connectivity index is 1.42. The van der Waals surface area contributed by atoms with Crippen LogP contribution < -0.4 is 0 Å². The van der Waals surface area contributed by atoms with Crippen LogP contribution in [0.2, 0.25) is 0 Å². The van der Waals surface area contributed by atoms with E-state index in [1.54, 1.807) is 0 Å². The van der Waals surface area contributed by atoms with Crippen molar-refractivity contribution in [2.45, 2.75) is 0 Å². The fourth-order valence-corrected chi connectivity index (χ4v) is 6.41. The Morgan fingerprint density at radius 1 is 0.432 bits per heavy atom. The van der Waals surface area contributed by atoms with Gasteiger partial charge in [-0.1, -0.05) is 115 Å². The maximum atomic E-state index is 5.15. The van der Waals surface area contributed by atoms with Gasteiger partial charge in [0.2, 0.25) is 5.95 Å². The lowest BCUT2D eigenvalue weighted by Gasteiger charge is -2.12. The molecule has 0 amide bonds. The minimum Gasteiger partial charge on any atom is -0.317 e. The molecule has 0 unspecified atom stereocenters. The predicted octanol–water partition coefficient (Wildman–Crippen LogP) is 9.40. The van der Waals surface area contributed by atoms with E-state index in [9.17, 15) is 0 Å². The second-order valence-electron chi connectivity index (χ2n) is 10.9. The Hall–Kier alpha value is -6.07. The number of fused-ring (bicyclic) bond motifs is 7. The topological polar surface area (TPSA) is 48.5 Å². The molecule has 0 aliphatic heterocycles. The zero-order valence-corrected chi connectivity index (χ0v) is 23.7. The monoisotopic (exact) mass is 563 g/mol. The number of para-hydroxylation sites is 2. The maximum absolute atomic E-state index is 5.15. The Bertz CT molecular complexity index is 2420. The second-order valence-corrected chi connectivity index (χ2v) is 10.9. The van der Waals surface area contributed by atoms with Crippen molar-refractivity contribution < 1.29 is 0 Å². The normalized spacial score (nSPS) is 11.6. The average molecular weight is 564 g/mol. The van der Waals surface area contributed by atoms with Crippen molar-refractivity contribution in [3.05, 3.63) is 152 Å². The number of hydrogen-bond donors (Lipinski definition) is 0. The molecule has 0 N–H and O–H groups in total. The summed E-state index contributed by atoms with van der Waals surface area (Å²) in [7, 11) is 0. The molecule has 44 heavy (non-hydrogen) atoms. The van der Waals surface area contributed by atoms with Crippen molar-refractivity contribution in [1.29, 1.82) is 0 Å². The number of nitrogens with zero attached hydrogens (tertiary/aromatic N) is 5. The second kappa shape index (κ2) is 9.75. The third-order valence-corrected chi connectivity index (χ3v) is 8.41. The third kappa shape index (κ3) is 3.76. The van der Waals surface area contributed by atoms with Gasteiger partial charge in [0.05, 0.1) is 16.6 Å². The van der Waals surface area contributed by atoms with Crippen molar-refractivity contribution >= 4 is 43.5 Å². The lowest BCUT2D eigenvalue weighted by atomic mass is 10.0. The standard InChI is InChI=1S/C39H25N5/c1-4-12-27(13-5-1)37-40-38(28-14-6-2-7-15-28)42-39(41-37)44-34-19-11-10-18-30(34)31-22-20-26-21-23-33-32(35(26)36(31)44)24-25-43(33)29-16-8-3-9-17-29/h1-25H. The molecular weight excluding hydrogens is 538 g/mol. The summed E-state index contributed by atoms with van der Waals surface area (Å²) >= 11 is 0. The summed E-state index contributed by atoms with van der Waals surface area (Å²) in [6, 6.07) is 50.4. The van der Waals surface area contributed by atoms with Gasteiger partial charge < -0.3 is 4.57 Å². The van der Waals surface area contributed by atoms with Crippen LogP contribution in [-0.2, 0) is 0 Å². The summed E-state index contributed by atoms with van der Waals surface area (Å²) in [4.78, 5) is 15.2. The van der Waals surface area contributed by atoms with Crippen molar-refractivity contribution in [3.8, 4) is 34.4 Å². The van der Waals surface area contributed by atoms with Crippen LogP contribution in [0.15, 0.2) is 152 Å². The minimum absolute atomic E-state index is 0.593. The number of hydrogen-bond acceptors (Lipinski definition) is 3. The zero-order chi connectivity index (χ0) is 29.0. The first-order valence-corrected chi connectivity index (χ1v) is 14.7. The fraction of sp³-hybridized carbons (Fsp3) is 0. The van der Waals surface area contributed by atoms with Crippen LogP contribution >= 0.6 is 0 Å². The average Bonchev–Trinajstić information content (AvgIpc) is 3.69. The van der Waals surface area contributed by atoms with E-state index in [1.165, 1.54) is 16.2 Å². The molecular formula is C39H25N5. The van der Waals surface area contributed by atoms with Crippen LogP contribution in [0.1, 0.15) is 0 Å². The molecule has 0 saturated carbocycles. The van der Waals surface area contributed by atoms with Crippen LogP contribution in [0, 0.1) is 0 Å². The molecule has 0 radical (unpaired) electrons. The lowest BCUT2D eigenvalue weighted by Crippen LogP contribution is -2.06. The van der Waals surface area contributed by atoms with Gasteiger partial charge >= 0.3 is 0 Å². The Labute approximate surface area is 253 Å². The van der Waals surface area contributed by atoms with E-state index in [1.807, 2.05) is 60.7 Å². The highest BCUT2D eigenvalue weighted by Gasteiger charge is 2.21. The fourth-order valence-electron chi connectivity index (χ4n) is 6.41. The maximum Gasteiger partial charge on any atom is 0.238 e. The molecule has 3 heterocycles. The number of rotatable bonds is 4. The van der Waals surface area contributed by atoms with Crippen LogP contribution in [0.4, 0.5) is 0 Å². The molecule has 0 atom stereocenters. The summed E-state index contributed by atoms with van der Waals surface area (Å²) in [5.74, 6) is 1.87. The highest BCUT2D eigenvalue weighted by Crippen LogP contribution is 2.40. The number of benzene rings is 6. The van der Waals surface area contributed by atoms with Gasteiger partial charge in [-0.05, 0) is 35.7 Å². The molecule has 0 saturated heterocycles. The summed E-state index contributed by atoms with van der Waals surface area (Å²) in [5.41, 5.74) is 6.32. The van der Waals surface area contributed by atoms with Gasteiger partial charge in [-0.25, -0.2) is 4.98 Å². The molecule has 0 bridgehead atoms. The number of aromatic nitrogens is 5. The first-order valence-electron chi connectivity index (χ1n) is 14.7. The molecule has 9 rings (SSSR count). The quantitative estimate of drug-likeness (QED) is 0.214. The molecule has 0 spiro atoms. The van der Waals surface area contributed by atoms with Crippen molar-refractivity contribution in [3.63, 3.8) is 0 Å². The van der Waals surface area contributed by atoms with E-state index in [2.05, 4.69) is 100 Å². The first kappa shape index (κ1) is 24.5. The Morgan fingerprint density at radius 2 is 1.05 bits per heavy atom. The third-order valence-electron chi connectivity index (χ3n) is 8.41. The van der Waals surface area contributed by atoms with Crippen LogP contribution in [0.5, 0.6) is 0 Å². The van der Waals surface area contributed by atoms with Crippen molar-refractivity contribution in [2.75, 3.05) is 0 Å². The molecule has 9 aromatic rings. The van der Waals surface area contributed by atoms with E-state index >= 15 is 0 Å². The summed E-state index contributed by atoms with van der Waals surface area (Å²) < 4.78 is 4.48. The van der Waals surface area contributed by atoms with Gasteiger partial charge in [-0.3, -0.25) is 4.57 Å². The molecule has 6 aromatic carbocycles. The smallest absolute Gasteiger partial charge is 0.238 e. The summed E-state index contributed by atoms with van der Waals surface area (Å²) in [6.07, 6.45) is 2.16. The largest absolute Gasteiger partial charge is 0.317 e. The van der Waals surface area contributed by atoms with Crippen LogP contribution in [0.25, 0.3) is 77.9 Å². The molecule has 0 aliphatic carbocycles. The molecule has 5 heteroatoms. The highest BCUT2D eigenvalue weighted by atomic mass is 15.2. The minimum atomic E-state index is 0.593. The van der Waals surface area contributed by atoms with Crippen LogP contribution in [0.3, 0.4) is 0 Å². The SMILES string of the molecule is c1ccc(-c2nc(-c3ccccc3)nc(-n3c4ccccc4c4ccc5ccc6c(ccn6-c6ccccc6)c5c43)n2)cc1. The van der Waals surface area contributed by atoms with Gasteiger partial charge in [0.1, 0.15) is 0 Å². The van der Waals surface area contributed by atoms with Crippen LogP contribution in [-0.4, -0.2) is 24.1 Å². The highest BCUT2D eigenvalue weighted by molar-refractivity contribution is 6.25. The zero-order valence-electron chi connectivity index (χ0n) is 23.7. The summed E-state index contributed by atoms with van der Waals surface area (Å²) in [5, 5.41) is 5.85. The van der Waals surface area contributed by atoms with Gasteiger partial charge in [0.15, 0.2) is 11.6 Å². The summed E-state index contributed by atoms with van der Waals surface area (Å²) in [6.45, 7) is 0. The van der Waals surface area contributed by atoms with Crippen molar-refractivity contribution in [1.82, 2.24) is 24.1 Å². The molecule has 206 valence electrons. The molecule has 0 fully saturated rings.